The second-order valence-electron chi connectivity index (χ2n) is 3.32. The van der Waals surface area contributed by atoms with Gasteiger partial charge in [0.2, 0.25) is 0 Å². The van der Waals surface area contributed by atoms with E-state index >= 15 is 0 Å². The fourth-order valence-electron chi connectivity index (χ4n) is 1.57. The molecule has 1 aromatic heterocycles. The first-order valence-electron chi connectivity index (χ1n) is 4.82. The Morgan fingerprint density at radius 1 is 1.50 bits per heavy atom. The van der Waals surface area contributed by atoms with Crippen molar-refractivity contribution < 1.29 is 4.74 Å². The van der Waals surface area contributed by atoms with Crippen molar-refractivity contribution in [1.29, 1.82) is 0 Å². The molecular weight excluding hydrogens is 270 g/mol. The average Bonchev–Trinajstić information content (AvgIpc) is 2.76. The molecule has 84 valence electrons. The van der Waals surface area contributed by atoms with Crippen LogP contribution in [-0.4, -0.2) is 17.3 Å². The molecule has 0 unspecified atom stereocenters. The number of methoxy groups -OCH3 is 1. The van der Waals surface area contributed by atoms with Gasteiger partial charge in [0, 0.05) is 22.1 Å². The van der Waals surface area contributed by atoms with Crippen LogP contribution >= 0.6 is 15.9 Å². The second kappa shape index (κ2) is 4.67. The summed E-state index contributed by atoms with van der Waals surface area (Å²) in [5.74, 6) is 0.794. The minimum atomic E-state index is 0.446. The maximum atomic E-state index is 5.65. The number of nitrogens with one attached hydrogen (secondary N) is 1. The van der Waals surface area contributed by atoms with Crippen LogP contribution in [0.4, 0.5) is 0 Å². The Balaban J connectivity index is 2.58. The van der Waals surface area contributed by atoms with Gasteiger partial charge in [-0.05, 0) is 18.2 Å². The van der Waals surface area contributed by atoms with Crippen LogP contribution in [-0.2, 0) is 6.54 Å². The maximum Gasteiger partial charge on any atom is 0.128 e. The Hall–Kier alpha value is -1.33. The Kier molecular flexibility index (Phi) is 3.26. The number of rotatable bonds is 3. The fraction of sp³-hybridized carbons (Fsp3) is 0.182. The molecule has 0 saturated heterocycles. The van der Waals surface area contributed by atoms with Gasteiger partial charge in [0.15, 0.2) is 0 Å². The number of hydrogen-bond acceptors (Lipinski definition) is 3. The molecule has 1 heterocycles. The lowest BCUT2D eigenvalue weighted by Crippen LogP contribution is -1.97. The summed E-state index contributed by atoms with van der Waals surface area (Å²) < 4.78 is 6.30. The summed E-state index contributed by atoms with van der Waals surface area (Å²) in [6, 6.07) is 5.81. The minimum Gasteiger partial charge on any atom is -0.496 e. The molecule has 2 aromatic rings. The van der Waals surface area contributed by atoms with Gasteiger partial charge in [0.1, 0.15) is 5.75 Å². The Morgan fingerprint density at radius 3 is 3.00 bits per heavy atom. The molecule has 0 atom stereocenters. The third kappa shape index (κ3) is 1.96. The van der Waals surface area contributed by atoms with Crippen LogP contribution < -0.4 is 10.5 Å². The van der Waals surface area contributed by atoms with Crippen molar-refractivity contribution in [1.82, 2.24) is 10.2 Å². The summed E-state index contributed by atoms with van der Waals surface area (Å²) in [4.78, 5) is 0. The van der Waals surface area contributed by atoms with Gasteiger partial charge in [-0.3, -0.25) is 5.10 Å². The van der Waals surface area contributed by atoms with Crippen LogP contribution in [0, 0.1) is 0 Å². The van der Waals surface area contributed by atoms with Gasteiger partial charge in [-0.2, -0.15) is 5.10 Å². The minimum absolute atomic E-state index is 0.446. The molecule has 3 N–H and O–H groups in total. The normalized spacial score (nSPS) is 10.4. The van der Waals surface area contributed by atoms with Crippen LogP contribution in [0.2, 0.25) is 0 Å². The van der Waals surface area contributed by atoms with Crippen molar-refractivity contribution in [2.75, 3.05) is 7.11 Å². The first kappa shape index (κ1) is 11.2. The molecule has 16 heavy (non-hydrogen) atoms. The van der Waals surface area contributed by atoms with E-state index in [0.29, 0.717) is 6.54 Å². The predicted octanol–water partition coefficient (Wildman–Crippen LogP) is 2.31. The predicted molar refractivity (Wildman–Crippen MR) is 66.2 cm³/mol. The SMILES string of the molecule is COc1ccc(Br)cc1-c1[nH]ncc1CN. The molecule has 0 aliphatic rings. The molecule has 0 fully saturated rings. The highest BCUT2D eigenvalue weighted by atomic mass is 79.9. The third-order valence-corrected chi connectivity index (χ3v) is 2.86. The van der Waals surface area contributed by atoms with Crippen LogP contribution in [0.15, 0.2) is 28.9 Å². The smallest absolute Gasteiger partial charge is 0.128 e. The van der Waals surface area contributed by atoms with Gasteiger partial charge in [-0.15, -0.1) is 0 Å². The highest BCUT2D eigenvalue weighted by Crippen LogP contribution is 2.32. The standard InChI is InChI=1S/C11H12BrN3O/c1-16-10-3-2-8(12)4-9(10)11-7(5-13)6-14-15-11/h2-4,6H,5,13H2,1H3,(H,14,15). The summed E-state index contributed by atoms with van der Waals surface area (Å²) in [6.45, 7) is 0.446. The maximum absolute atomic E-state index is 5.65. The van der Waals surface area contributed by atoms with Crippen molar-refractivity contribution in [3.8, 4) is 17.0 Å². The highest BCUT2D eigenvalue weighted by molar-refractivity contribution is 9.10. The van der Waals surface area contributed by atoms with E-state index in [2.05, 4.69) is 26.1 Å². The monoisotopic (exact) mass is 281 g/mol. The molecule has 4 nitrogen and oxygen atoms in total. The molecule has 0 aliphatic carbocycles. The molecule has 0 radical (unpaired) electrons. The lowest BCUT2D eigenvalue weighted by Gasteiger charge is -2.08. The lowest BCUT2D eigenvalue weighted by atomic mass is 10.1. The van der Waals surface area contributed by atoms with E-state index in [1.807, 2.05) is 18.2 Å². The molecule has 1 aromatic carbocycles. The third-order valence-electron chi connectivity index (χ3n) is 2.37. The molecule has 0 aliphatic heterocycles. The first-order chi connectivity index (χ1) is 7.76. The van der Waals surface area contributed by atoms with Gasteiger partial charge < -0.3 is 10.5 Å². The van der Waals surface area contributed by atoms with Gasteiger partial charge >= 0.3 is 0 Å². The molecule has 0 spiro atoms. The van der Waals surface area contributed by atoms with Gasteiger partial charge in [-0.25, -0.2) is 0 Å². The number of halogens is 1. The van der Waals surface area contributed by atoms with Gasteiger partial charge in [-0.1, -0.05) is 15.9 Å². The molecule has 0 bridgehead atoms. The number of benzene rings is 1. The molecule has 0 saturated carbocycles. The van der Waals surface area contributed by atoms with E-state index in [-0.39, 0.29) is 0 Å². The van der Waals surface area contributed by atoms with Crippen LogP contribution in [0.3, 0.4) is 0 Å². The van der Waals surface area contributed by atoms with E-state index in [4.69, 9.17) is 10.5 Å². The number of ether oxygens (including phenoxy) is 1. The van der Waals surface area contributed by atoms with E-state index in [1.165, 1.54) is 0 Å². The number of nitrogens with zero attached hydrogens (tertiary/aromatic N) is 1. The summed E-state index contributed by atoms with van der Waals surface area (Å²) >= 11 is 3.44. The second-order valence-corrected chi connectivity index (χ2v) is 4.23. The van der Waals surface area contributed by atoms with E-state index in [1.54, 1.807) is 13.3 Å². The number of aromatic nitrogens is 2. The highest BCUT2D eigenvalue weighted by Gasteiger charge is 2.11. The number of nitrogens with two attached hydrogens (primary N) is 1. The number of aromatic amines is 1. The van der Waals surface area contributed by atoms with Crippen molar-refractivity contribution in [3.05, 3.63) is 34.4 Å². The van der Waals surface area contributed by atoms with E-state index in [9.17, 15) is 0 Å². The van der Waals surface area contributed by atoms with Crippen LogP contribution in [0.25, 0.3) is 11.3 Å². The summed E-state index contributed by atoms with van der Waals surface area (Å²) in [5.41, 5.74) is 8.48. The van der Waals surface area contributed by atoms with Crippen LogP contribution in [0.1, 0.15) is 5.56 Å². The molecule has 2 rings (SSSR count). The first-order valence-corrected chi connectivity index (χ1v) is 5.61. The molecule has 5 heteroatoms. The Morgan fingerprint density at radius 2 is 2.31 bits per heavy atom. The van der Waals surface area contributed by atoms with Crippen molar-refractivity contribution in [2.24, 2.45) is 5.73 Å². The molecular formula is C11H12BrN3O. The summed E-state index contributed by atoms with van der Waals surface area (Å²) in [7, 11) is 1.64. The van der Waals surface area contributed by atoms with Gasteiger partial charge in [0.05, 0.1) is 19.0 Å². The summed E-state index contributed by atoms with van der Waals surface area (Å²) in [6.07, 6.45) is 1.73. The van der Waals surface area contributed by atoms with E-state index < -0.39 is 0 Å². The zero-order valence-corrected chi connectivity index (χ0v) is 10.4. The molecule has 0 amide bonds. The zero-order chi connectivity index (χ0) is 11.5. The number of H-pyrrole nitrogens is 1. The number of hydrogen-bond donors (Lipinski definition) is 2. The van der Waals surface area contributed by atoms with Crippen LogP contribution in [0.5, 0.6) is 5.75 Å². The largest absolute Gasteiger partial charge is 0.496 e. The fourth-order valence-corrected chi connectivity index (χ4v) is 1.94. The van der Waals surface area contributed by atoms with E-state index in [0.717, 1.165) is 27.0 Å². The van der Waals surface area contributed by atoms with Crippen molar-refractivity contribution in [2.45, 2.75) is 6.54 Å². The zero-order valence-electron chi connectivity index (χ0n) is 8.83. The topological polar surface area (TPSA) is 63.9 Å². The summed E-state index contributed by atoms with van der Waals surface area (Å²) in [5, 5.41) is 6.94. The Bertz CT molecular complexity index is 496. The van der Waals surface area contributed by atoms with Crippen molar-refractivity contribution in [3.63, 3.8) is 0 Å². The Labute approximate surface area is 102 Å². The van der Waals surface area contributed by atoms with Gasteiger partial charge in [0.25, 0.3) is 0 Å². The van der Waals surface area contributed by atoms with Crippen molar-refractivity contribution >= 4 is 15.9 Å². The average molecular weight is 282 g/mol. The quantitative estimate of drug-likeness (QED) is 0.908. The lowest BCUT2D eigenvalue weighted by molar-refractivity contribution is 0.416.